The monoisotopic (exact) mass is 646 g/mol. The maximum Gasteiger partial charge on any atom is 0.338 e. The van der Waals surface area contributed by atoms with E-state index in [4.69, 9.17) is 14.6 Å². The van der Waals surface area contributed by atoms with Crippen LogP contribution in [0.5, 0.6) is 5.75 Å². The molecule has 0 aliphatic carbocycles. The lowest BCUT2D eigenvalue weighted by atomic mass is 10.0. The van der Waals surface area contributed by atoms with E-state index in [2.05, 4.69) is 20.9 Å². The second-order valence-corrected chi connectivity index (χ2v) is 12.0. The van der Waals surface area contributed by atoms with Crippen molar-refractivity contribution in [2.75, 3.05) is 14.2 Å². The molecule has 4 heterocycles. The van der Waals surface area contributed by atoms with Crippen LogP contribution in [0, 0.1) is 0 Å². The van der Waals surface area contributed by atoms with Gasteiger partial charge in [-0.15, -0.1) is 11.3 Å². The van der Waals surface area contributed by atoms with Gasteiger partial charge < -0.3 is 9.47 Å². The number of esters is 1. The topological polar surface area (TPSA) is 87.7 Å². The third kappa shape index (κ3) is 4.90. The third-order valence-electron chi connectivity index (χ3n) is 6.71. The fourth-order valence-electron chi connectivity index (χ4n) is 4.79. The van der Waals surface area contributed by atoms with E-state index >= 15 is 0 Å². The molecule has 0 radical (unpaired) electrons. The van der Waals surface area contributed by atoms with Gasteiger partial charge in [0.15, 0.2) is 4.80 Å². The van der Waals surface area contributed by atoms with Crippen molar-refractivity contribution in [3.05, 3.63) is 118 Å². The van der Waals surface area contributed by atoms with E-state index in [0.29, 0.717) is 32.0 Å². The molecular weight excluding hydrogens is 624 g/mol. The van der Waals surface area contributed by atoms with Crippen LogP contribution in [0.15, 0.2) is 97.8 Å². The molecule has 3 aromatic heterocycles. The largest absolute Gasteiger partial charge is 0.496 e. The number of thiophene rings is 1. The second-order valence-electron chi connectivity index (χ2n) is 9.15. The number of allylic oxidation sites excluding steroid dienone is 1. The molecule has 0 amide bonds. The first kappa shape index (κ1) is 27.1. The van der Waals surface area contributed by atoms with Crippen LogP contribution in [0.3, 0.4) is 0 Å². The van der Waals surface area contributed by atoms with E-state index < -0.39 is 12.0 Å². The van der Waals surface area contributed by atoms with Crippen LogP contribution in [0.4, 0.5) is 0 Å². The molecule has 0 fully saturated rings. The van der Waals surface area contributed by atoms with E-state index in [9.17, 15) is 9.59 Å². The minimum atomic E-state index is -0.620. The number of aromatic nitrogens is 3. The van der Waals surface area contributed by atoms with Gasteiger partial charge in [0.2, 0.25) is 0 Å². The van der Waals surface area contributed by atoms with Gasteiger partial charge in [-0.3, -0.25) is 9.36 Å². The zero-order valence-electron chi connectivity index (χ0n) is 22.2. The molecule has 8 nitrogen and oxygen atoms in total. The highest BCUT2D eigenvalue weighted by molar-refractivity contribution is 9.10. The Morgan fingerprint density at radius 3 is 2.59 bits per heavy atom. The number of ether oxygens (including phenoxy) is 2. The van der Waals surface area contributed by atoms with Gasteiger partial charge in [-0.1, -0.05) is 35.6 Å². The molecule has 2 aromatic carbocycles. The van der Waals surface area contributed by atoms with Crippen LogP contribution in [-0.4, -0.2) is 34.5 Å². The second kappa shape index (κ2) is 11.1. The number of carbonyl (C=O) groups is 1. The number of methoxy groups -OCH3 is 2. The maximum atomic E-state index is 14.0. The van der Waals surface area contributed by atoms with E-state index in [0.717, 1.165) is 26.2 Å². The molecule has 0 N–H and O–H groups in total. The Morgan fingerprint density at radius 2 is 1.90 bits per heavy atom. The van der Waals surface area contributed by atoms with E-state index in [1.54, 1.807) is 23.3 Å². The Labute approximate surface area is 251 Å². The van der Waals surface area contributed by atoms with Gasteiger partial charge >= 0.3 is 5.97 Å². The number of hydrogen-bond donors (Lipinski definition) is 0. The average molecular weight is 648 g/mol. The number of benzene rings is 2. The van der Waals surface area contributed by atoms with Crippen LogP contribution in [0.25, 0.3) is 23.0 Å². The van der Waals surface area contributed by atoms with E-state index in [1.807, 2.05) is 78.3 Å². The van der Waals surface area contributed by atoms with E-state index in [-0.39, 0.29) is 5.56 Å². The van der Waals surface area contributed by atoms with Gasteiger partial charge in [-0.05, 0) is 70.7 Å². The maximum absolute atomic E-state index is 14.0. The molecule has 41 heavy (non-hydrogen) atoms. The van der Waals surface area contributed by atoms with Crippen LogP contribution >= 0.6 is 38.6 Å². The zero-order valence-corrected chi connectivity index (χ0v) is 25.4. The molecule has 0 saturated carbocycles. The standard InChI is InChI=1S/C30H23BrN4O4S2/c1-17-25(29(37)39-3)27(23-10-7-13-40-23)35-28(36)24(41-30(35)32-17)15-19-16-34(20-8-5-4-6-9-20)33-26(19)18-11-12-22(38-2)21(31)14-18/h4-16,27H,1-3H3/b24-15-. The summed E-state index contributed by atoms with van der Waals surface area (Å²) < 4.78 is 15.2. The van der Waals surface area contributed by atoms with Crippen molar-refractivity contribution in [3.63, 3.8) is 0 Å². The van der Waals surface area contributed by atoms with Crippen molar-refractivity contribution in [1.82, 2.24) is 14.3 Å². The minimum Gasteiger partial charge on any atom is -0.496 e. The molecule has 11 heteroatoms. The Kier molecular flexibility index (Phi) is 7.33. The summed E-state index contributed by atoms with van der Waals surface area (Å²) in [6.07, 6.45) is 3.75. The summed E-state index contributed by atoms with van der Waals surface area (Å²) in [7, 11) is 2.95. The highest BCUT2D eigenvalue weighted by atomic mass is 79.9. The lowest BCUT2D eigenvalue weighted by Gasteiger charge is -2.22. The smallest absolute Gasteiger partial charge is 0.338 e. The first-order valence-electron chi connectivity index (χ1n) is 12.5. The molecule has 206 valence electrons. The van der Waals surface area contributed by atoms with Gasteiger partial charge in [0.25, 0.3) is 5.56 Å². The molecule has 1 unspecified atom stereocenters. The Balaban J connectivity index is 1.56. The van der Waals surface area contributed by atoms with Crippen LogP contribution < -0.4 is 19.6 Å². The number of rotatable bonds is 6. The van der Waals surface area contributed by atoms with Crippen LogP contribution in [0.1, 0.15) is 23.4 Å². The predicted octanol–water partition coefficient (Wildman–Crippen LogP) is 5.09. The quantitative estimate of drug-likeness (QED) is 0.240. The predicted molar refractivity (Wildman–Crippen MR) is 163 cm³/mol. The number of fused-ring (bicyclic) bond motifs is 1. The molecule has 6 rings (SSSR count). The fraction of sp³-hybridized carbons (Fsp3) is 0.133. The summed E-state index contributed by atoms with van der Waals surface area (Å²) in [4.78, 5) is 32.9. The highest BCUT2D eigenvalue weighted by Crippen LogP contribution is 2.34. The van der Waals surface area contributed by atoms with Crippen LogP contribution in [-0.2, 0) is 9.53 Å². The van der Waals surface area contributed by atoms with Crippen molar-refractivity contribution in [2.24, 2.45) is 4.99 Å². The van der Waals surface area contributed by atoms with Crippen molar-refractivity contribution >= 4 is 50.6 Å². The fourth-order valence-corrected chi connectivity index (χ4v) is 7.20. The Hall–Kier alpha value is -4.06. The number of halogens is 1. The summed E-state index contributed by atoms with van der Waals surface area (Å²) in [6.45, 7) is 1.77. The van der Waals surface area contributed by atoms with E-state index in [1.165, 1.54) is 29.8 Å². The van der Waals surface area contributed by atoms with Crippen LogP contribution in [0.2, 0.25) is 0 Å². The molecular formula is C30H23BrN4O4S2. The summed E-state index contributed by atoms with van der Waals surface area (Å²) in [5.74, 6) is 0.201. The summed E-state index contributed by atoms with van der Waals surface area (Å²) in [6, 6.07) is 18.7. The number of thiazole rings is 1. The first-order chi connectivity index (χ1) is 19.9. The van der Waals surface area contributed by atoms with Gasteiger partial charge in [0, 0.05) is 22.2 Å². The van der Waals surface area contributed by atoms with Gasteiger partial charge in [0.05, 0.1) is 40.2 Å². The first-order valence-corrected chi connectivity index (χ1v) is 15.0. The van der Waals surface area contributed by atoms with Crippen molar-refractivity contribution < 1.29 is 14.3 Å². The average Bonchev–Trinajstić information content (AvgIpc) is 3.73. The summed E-state index contributed by atoms with van der Waals surface area (Å²) in [5.41, 5.74) is 3.84. The molecule has 1 atom stereocenters. The molecule has 0 bridgehead atoms. The van der Waals surface area contributed by atoms with Crippen molar-refractivity contribution in [2.45, 2.75) is 13.0 Å². The number of carbonyl (C=O) groups excluding carboxylic acids is 1. The molecule has 1 aliphatic heterocycles. The zero-order chi connectivity index (χ0) is 28.7. The molecule has 5 aromatic rings. The van der Waals surface area contributed by atoms with Crippen molar-refractivity contribution in [1.29, 1.82) is 0 Å². The summed E-state index contributed by atoms with van der Waals surface area (Å²) >= 11 is 6.34. The Bertz CT molecular complexity index is 1990. The minimum absolute atomic E-state index is 0.240. The van der Waals surface area contributed by atoms with Gasteiger partial charge in [0.1, 0.15) is 17.5 Å². The SMILES string of the molecule is COC(=O)C1=C(C)N=c2s/c(=C\c3cn(-c4ccccc4)nc3-c3ccc(OC)c(Br)c3)c(=O)n2C1c1cccs1. The normalized spacial score (nSPS) is 15.0. The summed E-state index contributed by atoms with van der Waals surface area (Å²) in [5, 5.41) is 6.82. The number of hydrogen-bond acceptors (Lipinski definition) is 8. The van der Waals surface area contributed by atoms with Gasteiger partial charge in [-0.2, -0.15) is 5.10 Å². The number of nitrogens with zero attached hydrogens (tertiary/aromatic N) is 4. The van der Waals surface area contributed by atoms with Crippen molar-refractivity contribution in [3.8, 4) is 22.7 Å². The Morgan fingerprint density at radius 1 is 1.10 bits per heavy atom. The number of para-hydroxylation sites is 1. The lowest BCUT2D eigenvalue weighted by Crippen LogP contribution is -2.39. The molecule has 1 aliphatic rings. The third-order valence-corrected chi connectivity index (χ3v) is 9.24. The molecule has 0 spiro atoms. The lowest BCUT2D eigenvalue weighted by molar-refractivity contribution is -0.136. The van der Waals surface area contributed by atoms with Gasteiger partial charge in [-0.25, -0.2) is 14.5 Å². The highest BCUT2D eigenvalue weighted by Gasteiger charge is 2.33. The molecule has 0 saturated heterocycles.